The van der Waals surface area contributed by atoms with Gasteiger partial charge in [-0.3, -0.25) is 9.55 Å². The third-order valence-corrected chi connectivity index (χ3v) is 13.2. The van der Waals surface area contributed by atoms with Crippen LogP contribution in [0.4, 0.5) is 17.1 Å². The minimum atomic E-state index is 0.587. The summed E-state index contributed by atoms with van der Waals surface area (Å²) in [6.45, 7) is 6.66. The third kappa shape index (κ3) is 5.69. The highest BCUT2D eigenvalue weighted by Gasteiger charge is 2.35. The van der Waals surface area contributed by atoms with Crippen LogP contribution in [-0.2, 0) is 0 Å². The van der Waals surface area contributed by atoms with E-state index < -0.39 is 0 Å². The minimum absolute atomic E-state index is 0.587. The molecule has 0 aliphatic carbocycles. The summed E-state index contributed by atoms with van der Waals surface area (Å²) in [6, 6.07) is 71.4. The molecule has 11 aromatic rings. The molecule has 0 bridgehead atoms. The molecular weight excluding hydrogens is 791 g/mol. The summed E-state index contributed by atoms with van der Waals surface area (Å²) in [4.78, 5) is 18.0. The second-order valence-corrected chi connectivity index (χ2v) is 16.9. The summed E-state index contributed by atoms with van der Waals surface area (Å²) in [6.07, 6.45) is 1.93. The van der Waals surface area contributed by atoms with Gasteiger partial charge in [-0.15, -0.1) is 0 Å². The van der Waals surface area contributed by atoms with Gasteiger partial charge in [0.25, 0.3) is 0 Å². The molecule has 0 saturated heterocycles. The summed E-state index contributed by atoms with van der Waals surface area (Å²) in [7, 11) is 0. The highest BCUT2D eigenvalue weighted by molar-refractivity contribution is 6.27. The van der Waals surface area contributed by atoms with Crippen molar-refractivity contribution in [3.05, 3.63) is 224 Å². The van der Waals surface area contributed by atoms with Gasteiger partial charge < -0.3 is 4.90 Å². The number of hydrogen-bond donors (Lipinski definition) is 0. The van der Waals surface area contributed by atoms with E-state index in [9.17, 15) is 0 Å². The standard InChI is InChI=1S/C60H39N5/c1-37(39-17-6-3-7-18-39)62-60(42-21-10-5-11-22-42)63-38(2)64-52-27-13-12-25-45(52)48-33-43(30-31-53(48)64)47-36-50-46-26-14-23-41-24-15-28-54(56(41)46)65-55-29-16-32-61-58(55)51-35-44(40-19-8-4-9-20-40)34-49(47)57(51)59(50)65/h3-36H,2H2,1H3. The number of anilines is 3. The SMILES string of the molecule is C=C(N=C(N=C(C)c1ccccc1)c1ccccc1)n1c2ccccc2c2cc(-c3cc4c5c6c(cc(-c7ccccc7)cc36)-c3ncccc3N5c3cccc5cccc-4c35)ccc21. The molecule has 0 unspecified atom stereocenters. The van der Waals surface area contributed by atoms with Crippen LogP contribution in [0.25, 0.3) is 93.8 Å². The van der Waals surface area contributed by atoms with Gasteiger partial charge in [0.15, 0.2) is 5.84 Å². The van der Waals surface area contributed by atoms with Crippen molar-refractivity contribution >= 4 is 77.8 Å². The van der Waals surface area contributed by atoms with E-state index in [0.717, 1.165) is 66.7 Å². The molecule has 2 aliphatic heterocycles. The van der Waals surface area contributed by atoms with Gasteiger partial charge in [-0.25, -0.2) is 9.98 Å². The highest BCUT2D eigenvalue weighted by atomic mass is 15.2. The van der Waals surface area contributed by atoms with Crippen molar-refractivity contribution in [3.63, 3.8) is 0 Å². The second-order valence-electron chi connectivity index (χ2n) is 16.9. The molecule has 0 atom stereocenters. The first-order valence-electron chi connectivity index (χ1n) is 22.0. The van der Waals surface area contributed by atoms with Crippen molar-refractivity contribution < 1.29 is 0 Å². The fourth-order valence-electron chi connectivity index (χ4n) is 10.3. The van der Waals surface area contributed by atoms with Crippen molar-refractivity contribution in [2.45, 2.75) is 6.92 Å². The number of fused-ring (bicyclic) bond motifs is 8. The predicted molar refractivity (Wildman–Crippen MR) is 273 cm³/mol. The van der Waals surface area contributed by atoms with Gasteiger partial charge >= 0.3 is 0 Å². The van der Waals surface area contributed by atoms with E-state index in [-0.39, 0.29) is 0 Å². The smallest absolute Gasteiger partial charge is 0.161 e. The molecular formula is C60H39N5. The molecule has 13 rings (SSSR count). The molecule has 65 heavy (non-hydrogen) atoms. The number of pyridine rings is 1. The average molecular weight is 830 g/mol. The van der Waals surface area contributed by atoms with E-state index >= 15 is 0 Å². The maximum absolute atomic E-state index is 5.23. The Bertz CT molecular complexity index is 3840. The van der Waals surface area contributed by atoms with Crippen LogP contribution < -0.4 is 4.90 Å². The zero-order chi connectivity index (χ0) is 43.2. The normalized spacial score (nSPS) is 12.9. The van der Waals surface area contributed by atoms with Gasteiger partial charge in [0.05, 0.1) is 33.8 Å². The third-order valence-electron chi connectivity index (χ3n) is 13.2. The maximum atomic E-state index is 5.23. The van der Waals surface area contributed by atoms with Crippen LogP contribution in [0.1, 0.15) is 18.1 Å². The molecule has 0 saturated carbocycles. The van der Waals surface area contributed by atoms with Crippen molar-refractivity contribution in [2.24, 2.45) is 9.98 Å². The first-order chi connectivity index (χ1) is 32.1. The number of nitrogens with zero attached hydrogens (tertiary/aromatic N) is 5. The number of amidine groups is 1. The van der Waals surface area contributed by atoms with Gasteiger partial charge in [0.1, 0.15) is 5.82 Å². The number of para-hydroxylation sites is 1. The monoisotopic (exact) mass is 829 g/mol. The van der Waals surface area contributed by atoms with Crippen LogP contribution in [0.5, 0.6) is 0 Å². The first-order valence-corrected chi connectivity index (χ1v) is 22.0. The van der Waals surface area contributed by atoms with E-state index in [0.29, 0.717) is 11.7 Å². The predicted octanol–water partition coefficient (Wildman–Crippen LogP) is 15.6. The second kappa shape index (κ2) is 14.4. The minimum Gasteiger partial charge on any atom is -0.306 e. The van der Waals surface area contributed by atoms with Gasteiger partial charge in [-0.05, 0) is 106 Å². The summed E-state index contributed by atoms with van der Waals surface area (Å²) < 4.78 is 2.18. The van der Waals surface area contributed by atoms with Crippen molar-refractivity contribution in [1.82, 2.24) is 9.55 Å². The fourth-order valence-corrected chi connectivity index (χ4v) is 10.3. The van der Waals surface area contributed by atoms with E-state index in [2.05, 4.69) is 180 Å². The Morgan fingerprint density at radius 2 is 1.17 bits per heavy atom. The quantitative estimate of drug-likeness (QED) is 0.124. The Hall–Kier alpha value is -8.67. The molecule has 5 heteroatoms. The van der Waals surface area contributed by atoms with E-state index in [1.807, 2.05) is 49.5 Å². The number of benzene rings is 9. The largest absolute Gasteiger partial charge is 0.306 e. The number of hydrogen-bond acceptors (Lipinski definition) is 3. The van der Waals surface area contributed by atoms with Crippen LogP contribution in [0.15, 0.2) is 223 Å². The van der Waals surface area contributed by atoms with E-state index in [4.69, 9.17) is 15.0 Å². The molecule has 0 N–H and O–H groups in total. The number of rotatable bonds is 6. The van der Waals surface area contributed by atoms with Crippen LogP contribution in [-0.4, -0.2) is 21.1 Å². The zero-order valence-corrected chi connectivity index (χ0v) is 35.6. The first kappa shape index (κ1) is 36.9. The Morgan fingerprint density at radius 3 is 1.98 bits per heavy atom. The zero-order valence-electron chi connectivity index (χ0n) is 35.6. The Kier molecular flexibility index (Phi) is 8.21. The maximum Gasteiger partial charge on any atom is 0.161 e. The summed E-state index contributed by atoms with van der Waals surface area (Å²) in [5.74, 6) is 1.19. The molecule has 0 fully saturated rings. The van der Waals surface area contributed by atoms with E-state index in [1.54, 1.807) is 0 Å². The lowest BCUT2D eigenvalue weighted by molar-refractivity contribution is 1.18. The Labute approximate surface area is 376 Å². The molecule has 9 aromatic carbocycles. The lowest BCUT2D eigenvalue weighted by atomic mass is 9.80. The van der Waals surface area contributed by atoms with Crippen LogP contribution in [0.2, 0.25) is 0 Å². The molecule has 2 aromatic heterocycles. The Balaban J connectivity index is 1.07. The van der Waals surface area contributed by atoms with E-state index in [1.165, 1.54) is 55.2 Å². The topological polar surface area (TPSA) is 45.8 Å². The van der Waals surface area contributed by atoms with Crippen molar-refractivity contribution in [3.8, 4) is 44.6 Å². The van der Waals surface area contributed by atoms with Crippen LogP contribution in [0.3, 0.4) is 0 Å². The molecule has 5 nitrogen and oxygen atoms in total. The average Bonchev–Trinajstić information content (AvgIpc) is 3.70. The van der Waals surface area contributed by atoms with Crippen molar-refractivity contribution in [1.29, 1.82) is 0 Å². The van der Waals surface area contributed by atoms with Gasteiger partial charge in [0, 0.05) is 50.1 Å². The summed E-state index contributed by atoms with van der Waals surface area (Å²) in [5.41, 5.74) is 17.6. The number of aliphatic imine (C=N–C) groups is 2. The lowest BCUT2D eigenvalue weighted by Gasteiger charge is -2.39. The molecule has 2 aliphatic rings. The fraction of sp³-hybridized carbons (Fsp3) is 0.0167. The molecule has 4 heterocycles. The molecule has 304 valence electrons. The molecule has 0 spiro atoms. The summed E-state index contributed by atoms with van der Waals surface area (Å²) >= 11 is 0. The highest BCUT2D eigenvalue weighted by Crippen LogP contribution is 2.60. The number of aromatic nitrogens is 2. The van der Waals surface area contributed by atoms with Gasteiger partial charge in [0.2, 0.25) is 0 Å². The van der Waals surface area contributed by atoms with Crippen molar-refractivity contribution in [2.75, 3.05) is 4.90 Å². The molecule has 0 radical (unpaired) electrons. The molecule has 0 amide bonds. The van der Waals surface area contributed by atoms with Gasteiger partial charge in [-0.1, -0.05) is 152 Å². The van der Waals surface area contributed by atoms with Crippen LogP contribution in [0, 0.1) is 0 Å². The van der Waals surface area contributed by atoms with Gasteiger partial charge in [-0.2, -0.15) is 0 Å². The lowest BCUT2D eigenvalue weighted by Crippen LogP contribution is -2.20. The van der Waals surface area contributed by atoms with Crippen LogP contribution >= 0.6 is 0 Å². The Morgan fingerprint density at radius 1 is 0.477 bits per heavy atom. The summed E-state index contributed by atoms with van der Waals surface area (Å²) in [5, 5.41) is 7.12.